The number of aliphatic hydroxyl groups is 1. The van der Waals surface area contributed by atoms with Gasteiger partial charge in [-0.15, -0.1) is 0 Å². The van der Waals surface area contributed by atoms with E-state index in [-0.39, 0.29) is 5.75 Å². The minimum absolute atomic E-state index is 0.285. The molecule has 3 atom stereocenters. The third kappa shape index (κ3) is 3.30. The fraction of sp³-hybridized carbons (Fsp3) is 0.647. The van der Waals surface area contributed by atoms with E-state index >= 15 is 0 Å². The lowest BCUT2D eigenvalue weighted by Crippen LogP contribution is -2.47. The van der Waals surface area contributed by atoms with E-state index in [1.54, 1.807) is 12.1 Å². The monoisotopic (exact) mass is 262 g/mol. The van der Waals surface area contributed by atoms with E-state index in [9.17, 15) is 10.2 Å². The van der Waals surface area contributed by atoms with Crippen molar-refractivity contribution in [2.75, 3.05) is 0 Å². The van der Waals surface area contributed by atoms with Gasteiger partial charge in [-0.05, 0) is 48.3 Å². The molecule has 0 heterocycles. The first kappa shape index (κ1) is 14.4. The van der Waals surface area contributed by atoms with E-state index in [0.717, 1.165) is 18.4 Å². The summed E-state index contributed by atoms with van der Waals surface area (Å²) >= 11 is 0. The van der Waals surface area contributed by atoms with Crippen molar-refractivity contribution in [2.24, 2.45) is 17.8 Å². The maximum absolute atomic E-state index is 11.1. The molecule has 106 valence electrons. The van der Waals surface area contributed by atoms with Crippen molar-refractivity contribution in [3.63, 3.8) is 0 Å². The number of aromatic hydroxyl groups is 1. The maximum atomic E-state index is 11.1. The fourth-order valence-corrected chi connectivity index (χ4v) is 3.71. The Morgan fingerprint density at radius 3 is 2.42 bits per heavy atom. The van der Waals surface area contributed by atoms with Gasteiger partial charge in [0.15, 0.2) is 0 Å². The molecule has 0 aromatic heterocycles. The zero-order valence-electron chi connectivity index (χ0n) is 12.3. The molecule has 1 saturated carbocycles. The Kier molecular flexibility index (Phi) is 4.19. The van der Waals surface area contributed by atoms with Crippen molar-refractivity contribution in [1.82, 2.24) is 0 Å². The second kappa shape index (κ2) is 5.54. The molecule has 2 nitrogen and oxygen atoms in total. The topological polar surface area (TPSA) is 40.5 Å². The maximum Gasteiger partial charge on any atom is 0.115 e. The molecule has 0 aliphatic heterocycles. The smallest absolute Gasteiger partial charge is 0.115 e. The summed E-state index contributed by atoms with van der Waals surface area (Å²) in [4.78, 5) is 0. The first-order valence-corrected chi connectivity index (χ1v) is 7.41. The molecule has 0 amide bonds. The summed E-state index contributed by atoms with van der Waals surface area (Å²) in [5.74, 6) is 1.76. The Morgan fingerprint density at radius 1 is 1.21 bits per heavy atom. The number of benzene rings is 1. The zero-order valence-corrected chi connectivity index (χ0v) is 12.3. The van der Waals surface area contributed by atoms with Gasteiger partial charge < -0.3 is 10.2 Å². The summed E-state index contributed by atoms with van der Waals surface area (Å²) < 4.78 is 0. The van der Waals surface area contributed by atoms with Crippen molar-refractivity contribution in [3.8, 4) is 5.75 Å². The van der Waals surface area contributed by atoms with Crippen molar-refractivity contribution in [1.29, 1.82) is 0 Å². The Balaban J connectivity index is 2.19. The van der Waals surface area contributed by atoms with E-state index in [4.69, 9.17) is 0 Å². The molecule has 0 bridgehead atoms. The van der Waals surface area contributed by atoms with Gasteiger partial charge in [0, 0.05) is 6.42 Å². The van der Waals surface area contributed by atoms with Gasteiger partial charge in [-0.3, -0.25) is 0 Å². The first-order valence-electron chi connectivity index (χ1n) is 7.41. The molecule has 0 spiro atoms. The van der Waals surface area contributed by atoms with Crippen LogP contribution in [0.2, 0.25) is 0 Å². The third-order valence-corrected chi connectivity index (χ3v) is 4.61. The lowest BCUT2D eigenvalue weighted by molar-refractivity contribution is -0.0795. The van der Waals surface area contributed by atoms with Crippen LogP contribution in [0.4, 0.5) is 0 Å². The quantitative estimate of drug-likeness (QED) is 0.870. The third-order valence-electron chi connectivity index (χ3n) is 4.61. The number of rotatable bonds is 3. The largest absolute Gasteiger partial charge is 0.508 e. The second-order valence-corrected chi connectivity index (χ2v) is 6.68. The number of phenols is 1. The van der Waals surface area contributed by atoms with Crippen molar-refractivity contribution >= 4 is 0 Å². The van der Waals surface area contributed by atoms with Gasteiger partial charge in [-0.1, -0.05) is 39.3 Å². The van der Waals surface area contributed by atoms with Crippen LogP contribution in [0.3, 0.4) is 0 Å². The Morgan fingerprint density at radius 2 is 1.84 bits per heavy atom. The first-order chi connectivity index (χ1) is 8.90. The van der Waals surface area contributed by atoms with Gasteiger partial charge in [0.05, 0.1) is 5.60 Å². The highest BCUT2D eigenvalue weighted by Crippen LogP contribution is 2.42. The van der Waals surface area contributed by atoms with E-state index in [1.807, 2.05) is 12.1 Å². The predicted molar refractivity (Wildman–Crippen MR) is 78.1 cm³/mol. The summed E-state index contributed by atoms with van der Waals surface area (Å²) in [5.41, 5.74) is 0.517. The van der Waals surface area contributed by atoms with E-state index in [0.29, 0.717) is 24.2 Å². The fourth-order valence-electron chi connectivity index (χ4n) is 3.71. The van der Waals surface area contributed by atoms with Crippen molar-refractivity contribution in [3.05, 3.63) is 29.8 Å². The minimum atomic E-state index is -0.594. The highest BCUT2D eigenvalue weighted by atomic mass is 16.3. The van der Waals surface area contributed by atoms with Gasteiger partial charge in [0.1, 0.15) is 5.75 Å². The van der Waals surface area contributed by atoms with Crippen LogP contribution in [-0.4, -0.2) is 15.8 Å². The second-order valence-electron chi connectivity index (χ2n) is 6.68. The van der Waals surface area contributed by atoms with Crippen molar-refractivity contribution in [2.45, 2.75) is 52.1 Å². The summed E-state index contributed by atoms with van der Waals surface area (Å²) in [5, 5.41) is 20.5. The highest BCUT2D eigenvalue weighted by molar-refractivity contribution is 5.27. The number of hydrogen-bond acceptors (Lipinski definition) is 2. The molecule has 1 aromatic rings. The van der Waals surface area contributed by atoms with Crippen molar-refractivity contribution < 1.29 is 10.2 Å². The van der Waals surface area contributed by atoms with Crippen LogP contribution in [0.1, 0.15) is 45.6 Å². The van der Waals surface area contributed by atoms with E-state index in [1.165, 1.54) is 6.42 Å². The molecule has 1 aliphatic rings. The van der Waals surface area contributed by atoms with E-state index in [2.05, 4.69) is 20.8 Å². The van der Waals surface area contributed by atoms with Crippen LogP contribution in [-0.2, 0) is 6.42 Å². The van der Waals surface area contributed by atoms with E-state index < -0.39 is 5.60 Å². The lowest BCUT2D eigenvalue weighted by atomic mass is 9.65. The van der Waals surface area contributed by atoms with Crippen LogP contribution < -0.4 is 0 Å². The van der Waals surface area contributed by atoms with Crippen LogP contribution >= 0.6 is 0 Å². The standard InChI is InChI=1S/C17H26O2/c1-12(2)16-9-4-13(3)10-17(16,19)11-14-5-7-15(18)8-6-14/h5-8,12-13,16,18-19H,4,9-11H2,1-3H3. The molecular formula is C17H26O2. The average Bonchev–Trinajstić information content (AvgIpc) is 2.31. The van der Waals surface area contributed by atoms with Crippen LogP contribution in [0.5, 0.6) is 5.75 Å². The summed E-state index contributed by atoms with van der Waals surface area (Å²) in [6.45, 7) is 6.66. The molecule has 2 rings (SSSR count). The lowest BCUT2D eigenvalue weighted by Gasteiger charge is -2.45. The molecule has 0 radical (unpaired) electrons. The molecule has 0 saturated heterocycles. The normalized spacial score (nSPS) is 31.6. The Hall–Kier alpha value is -1.02. The molecule has 3 unspecified atom stereocenters. The predicted octanol–water partition coefficient (Wildman–Crippen LogP) is 3.76. The van der Waals surface area contributed by atoms with Gasteiger partial charge in [0.2, 0.25) is 0 Å². The molecular weight excluding hydrogens is 236 g/mol. The molecule has 1 fully saturated rings. The summed E-state index contributed by atoms with van der Waals surface area (Å²) in [6.07, 6.45) is 3.92. The molecule has 1 aliphatic carbocycles. The highest BCUT2D eigenvalue weighted by Gasteiger charge is 2.42. The Bertz CT molecular complexity index is 410. The molecule has 19 heavy (non-hydrogen) atoms. The van der Waals surface area contributed by atoms with Crippen LogP contribution in [0.15, 0.2) is 24.3 Å². The summed E-state index contributed by atoms with van der Waals surface area (Å²) in [7, 11) is 0. The Labute approximate surface area is 116 Å². The van der Waals surface area contributed by atoms with Gasteiger partial charge in [0.25, 0.3) is 0 Å². The zero-order chi connectivity index (χ0) is 14.0. The molecule has 2 heteroatoms. The SMILES string of the molecule is CC1CCC(C(C)C)C(O)(Cc2ccc(O)cc2)C1. The van der Waals surface area contributed by atoms with Gasteiger partial charge in [-0.25, -0.2) is 0 Å². The summed E-state index contributed by atoms with van der Waals surface area (Å²) in [6, 6.07) is 7.25. The minimum Gasteiger partial charge on any atom is -0.508 e. The van der Waals surface area contributed by atoms with Gasteiger partial charge >= 0.3 is 0 Å². The van der Waals surface area contributed by atoms with Crippen LogP contribution in [0.25, 0.3) is 0 Å². The average molecular weight is 262 g/mol. The molecule has 1 aromatic carbocycles. The van der Waals surface area contributed by atoms with Crippen LogP contribution in [0, 0.1) is 17.8 Å². The number of hydrogen-bond donors (Lipinski definition) is 2. The molecule has 2 N–H and O–H groups in total. The number of phenolic OH excluding ortho intramolecular Hbond substituents is 1. The van der Waals surface area contributed by atoms with Gasteiger partial charge in [-0.2, -0.15) is 0 Å².